The Morgan fingerprint density at radius 3 is 2.18 bits per heavy atom. The first-order valence-corrected chi connectivity index (χ1v) is 5.63. The molecule has 0 spiro atoms. The van der Waals surface area contributed by atoms with Crippen LogP contribution in [0.2, 0.25) is 0 Å². The average molecular weight is 250 g/mol. The molecule has 0 saturated carbocycles. The lowest BCUT2D eigenvalue weighted by molar-refractivity contribution is -0.888. The lowest BCUT2D eigenvalue weighted by Crippen LogP contribution is -2.52. The van der Waals surface area contributed by atoms with Crippen molar-refractivity contribution >= 4 is 5.97 Å². The zero-order valence-electron chi connectivity index (χ0n) is 11.0. The Hall–Kier alpha value is -0.690. The molecule has 0 aliphatic carbocycles. The second kappa shape index (κ2) is 6.90. The largest absolute Gasteiger partial charge is 0.477 e. The molecule has 0 aliphatic rings. The van der Waals surface area contributed by atoms with Crippen molar-refractivity contribution < 1.29 is 29.3 Å². The molecule has 0 aromatic rings. The first-order chi connectivity index (χ1) is 7.68. The van der Waals surface area contributed by atoms with Crippen LogP contribution in [-0.2, 0) is 9.53 Å². The molecule has 0 fully saturated rings. The van der Waals surface area contributed by atoms with Crippen molar-refractivity contribution in [3.63, 3.8) is 0 Å². The van der Waals surface area contributed by atoms with Gasteiger partial charge in [0, 0.05) is 6.42 Å². The van der Waals surface area contributed by atoms with E-state index in [-0.39, 0.29) is 24.1 Å². The standard InChI is InChI=1S/C11H23NO5/c1-8(14)7-17-9(6-13)5-10(11(15)16)12(2,3)4/h8-10,13-14H,5-7H2,1-4H3/p+1. The molecule has 0 radical (unpaired) electrons. The van der Waals surface area contributed by atoms with Crippen LogP contribution in [0.5, 0.6) is 0 Å². The summed E-state index contributed by atoms with van der Waals surface area (Å²) in [7, 11) is 5.34. The Balaban J connectivity index is 4.45. The van der Waals surface area contributed by atoms with Gasteiger partial charge in [0.1, 0.15) is 0 Å². The van der Waals surface area contributed by atoms with Crippen LogP contribution in [0.4, 0.5) is 0 Å². The lowest BCUT2D eigenvalue weighted by atomic mass is 10.1. The number of nitrogens with zero attached hydrogens (tertiary/aromatic N) is 1. The zero-order chi connectivity index (χ0) is 13.6. The zero-order valence-corrected chi connectivity index (χ0v) is 11.0. The van der Waals surface area contributed by atoms with Crippen LogP contribution >= 0.6 is 0 Å². The van der Waals surface area contributed by atoms with Crippen molar-refractivity contribution in [3.05, 3.63) is 0 Å². The van der Waals surface area contributed by atoms with Crippen molar-refractivity contribution in [2.45, 2.75) is 31.6 Å². The van der Waals surface area contributed by atoms with Crippen molar-refractivity contribution in [2.75, 3.05) is 34.4 Å². The van der Waals surface area contributed by atoms with Gasteiger partial charge in [-0.2, -0.15) is 0 Å². The summed E-state index contributed by atoms with van der Waals surface area (Å²) < 4.78 is 5.51. The quantitative estimate of drug-likeness (QED) is 0.496. The van der Waals surface area contributed by atoms with E-state index in [0.29, 0.717) is 0 Å². The minimum atomic E-state index is -0.920. The highest BCUT2D eigenvalue weighted by Gasteiger charge is 2.34. The molecule has 0 amide bonds. The van der Waals surface area contributed by atoms with E-state index in [4.69, 9.17) is 20.1 Å². The van der Waals surface area contributed by atoms with Crippen molar-refractivity contribution in [1.29, 1.82) is 0 Å². The fourth-order valence-corrected chi connectivity index (χ4v) is 1.47. The molecule has 0 bridgehead atoms. The van der Waals surface area contributed by atoms with E-state index in [1.807, 2.05) is 0 Å². The number of carbonyl (C=O) groups is 1. The van der Waals surface area contributed by atoms with E-state index in [1.165, 1.54) is 0 Å². The second-order valence-corrected chi connectivity index (χ2v) is 5.19. The molecule has 6 heteroatoms. The van der Waals surface area contributed by atoms with Gasteiger partial charge in [0.25, 0.3) is 0 Å². The number of ether oxygens (including phenoxy) is 1. The summed E-state index contributed by atoms with van der Waals surface area (Å²) in [6.07, 6.45) is -0.985. The van der Waals surface area contributed by atoms with E-state index < -0.39 is 24.2 Å². The summed E-state index contributed by atoms with van der Waals surface area (Å²) in [5.74, 6) is -0.920. The van der Waals surface area contributed by atoms with E-state index in [9.17, 15) is 4.79 Å². The van der Waals surface area contributed by atoms with Gasteiger partial charge in [-0.05, 0) is 6.92 Å². The van der Waals surface area contributed by atoms with E-state index >= 15 is 0 Å². The van der Waals surface area contributed by atoms with Gasteiger partial charge in [0.05, 0.1) is 46.6 Å². The van der Waals surface area contributed by atoms with Gasteiger partial charge in [-0.1, -0.05) is 0 Å². The predicted molar refractivity (Wildman–Crippen MR) is 62.6 cm³/mol. The molecule has 0 heterocycles. The maximum atomic E-state index is 11.1. The molecule has 102 valence electrons. The molecule has 0 saturated heterocycles. The van der Waals surface area contributed by atoms with Gasteiger partial charge < -0.3 is 24.5 Å². The maximum absolute atomic E-state index is 11.1. The molecule has 0 aromatic carbocycles. The summed E-state index contributed by atoms with van der Waals surface area (Å²) in [5, 5.41) is 27.3. The third-order valence-electron chi connectivity index (χ3n) is 2.48. The molecular formula is C11H24NO5+. The molecule has 0 aromatic heterocycles. The second-order valence-electron chi connectivity index (χ2n) is 5.19. The van der Waals surface area contributed by atoms with Crippen LogP contribution in [0.1, 0.15) is 13.3 Å². The number of hydrogen-bond donors (Lipinski definition) is 3. The van der Waals surface area contributed by atoms with Crippen molar-refractivity contribution in [2.24, 2.45) is 0 Å². The minimum absolute atomic E-state index is 0.0920. The summed E-state index contributed by atoms with van der Waals surface area (Å²) in [6, 6.07) is -0.652. The number of quaternary nitrogens is 1. The number of aliphatic hydroxyl groups excluding tert-OH is 2. The van der Waals surface area contributed by atoms with Crippen LogP contribution in [-0.4, -0.2) is 78.4 Å². The van der Waals surface area contributed by atoms with Crippen LogP contribution in [0.15, 0.2) is 0 Å². The topological polar surface area (TPSA) is 87.0 Å². The molecule has 0 rings (SSSR count). The Bertz CT molecular complexity index is 237. The summed E-state index contributed by atoms with van der Waals surface area (Å²) in [5.41, 5.74) is 0. The summed E-state index contributed by atoms with van der Waals surface area (Å²) in [4.78, 5) is 11.1. The third kappa shape index (κ3) is 6.58. The van der Waals surface area contributed by atoms with Gasteiger partial charge in [0.2, 0.25) is 0 Å². The number of rotatable bonds is 8. The number of aliphatic hydroxyl groups is 2. The van der Waals surface area contributed by atoms with E-state index in [2.05, 4.69) is 0 Å². The fraction of sp³-hybridized carbons (Fsp3) is 0.909. The smallest absolute Gasteiger partial charge is 0.362 e. The fourth-order valence-electron chi connectivity index (χ4n) is 1.47. The molecule has 3 unspecified atom stereocenters. The number of carboxylic acid groups (broad SMARTS) is 1. The van der Waals surface area contributed by atoms with Crippen molar-refractivity contribution in [1.82, 2.24) is 0 Å². The molecule has 17 heavy (non-hydrogen) atoms. The highest BCUT2D eigenvalue weighted by molar-refractivity contribution is 5.72. The highest BCUT2D eigenvalue weighted by Crippen LogP contribution is 2.13. The number of carboxylic acids is 1. The van der Waals surface area contributed by atoms with Gasteiger partial charge in [-0.3, -0.25) is 0 Å². The van der Waals surface area contributed by atoms with Crippen LogP contribution in [0, 0.1) is 0 Å². The predicted octanol–water partition coefficient (Wildman–Crippen LogP) is -0.706. The Morgan fingerprint density at radius 1 is 1.35 bits per heavy atom. The van der Waals surface area contributed by atoms with Crippen LogP contribution in [0.25, 0.3) is 0 Å². The number of likely N-dealkylation sites (N-methyl/N-ethyl adjacent to an activating group) is 1. The molecule has 0 aliphatic heterocycles. The molecular weight excluding hydrogens is 226 g/mol. The van der Waals surface area contributed by atoms with E-state index in [1.54, 1.807) is 28.1 Å². The Kier molecular flexibility index (Phi) is 6.62. The Labute approximate surface area is 102 Å². The van der Waals surface area contributed by atoms with Gasteiger partial charge >= 0.3 is 5.97 Å². The SMILES string of the molecule is CC(O)COC(CO)CC(C(=O)O)[N+](C)(C)C. The number of aliphatic carboxylic acids is 1. The molecule has 3 N–H and O–H groups in total. The summed E-state index contributed by atoms with van der Waals surface area (Å²) >= 11 is 0. The summed E-state index contributed by atoms with van der Waals surface area (Å²) in [6.45, 7) is 1.41. The van der Waals surface area contributed by atoms with Gasteiger partial charge in [-0.25, -0.2) is 4.79 Å². The Morgan fingerprint density at radius 2 is 1.88 bits per heavy atom. The van der Waals surface area contributed by atoms with Crippen LogP contribution in [0.3, 0.4) is 0 Å². The van der Waals surface area contributed by atoms with Gasteiger partial charge in [0.15, 0.2) is 6.04 Å². The average Bonchev–Trinajstić information content (AvgIpc) is 2.15. The number of hydrogen-bond acceptors (Lipinski definition) is 4. The monoisotopic (exact) mass is 250 g/mol. The highest BCUT2D eigenvalue weighted by atomic mass is 16.5. The van der Waals surface area contributed by atoms with Gasteiger partial charge in [-0.15, -0.1) is 0 Å². The lowest BCUT2D eigenvalue weighted by Gasteiger charge is -2.33. The maximum Gasteiger partial charge on any atom is 0.362 e. The first kappa shape index (κ1) is 16.3. The normalized spacial score (nSPS) is 17.5. The van der Waals surface area contributed by atoms with Crippen molar-refractivity contribution in [3.8, 4) is 0 Å². The molecule has 3 atom stereocenters. The third-order valence-corrected chi connectivity index (χ3v) is 2.48. The first-order valence-electron chi connectivity index (χ1n) is 5.63. The van der Waals surface area contributed by atoms with E-state index in [0.717, 1.165) is 0 Å². The minimum Gasteiger partial charge on any atom is -0.477 e. The molecule has 6 nitrogen and oxygen atoms in total. The van der Waals surface area contributed by atoms with Crippen LogP contribution < -0.4 is 0 Å².